The largest absolute Gasteiger partial charge is 0.469 e. The summed E-state index contributed by atoms with van der Waals surface area (Å²) in [4.78, 5) is 23.1. The molecule has 0 aliphatic carbocycles. The van der Waals surface area contributed by atoms with Gasteiger partial charge in [-0.05, 0) is 137 Å². The number of carbonyl (C=O) groups is 2. The van der Waals surface area contributed by atoms with E-state index in [-0.39, 0.29) is 26.4 Å². The standard InChI is InChI=1S/C19H44O7Si4.C17H38O6Si3/c1-17(2)19(21)23-18(15-20)16-22-13-12-14-30(24-27(3,4)5,25-28(6,7)8)26-29(9,10)11;1-15(2)17(19)21-16(13-18)14-20-11-10-12-26(9,22-24(3,4)5)23-25(6,7)8/h18,20H,1,12-16H2,2-11H3;16,18H,1,10-14H2,2-9H3. The molecule has 0 amide bonds. The second-order valence-corrected chi connectivity index (χ2v) is 49.1. The molecule has 0 bridgehead atoms. The van der Waals surface area contributed by atoms with Crippen molar-refractivity contribution < 1.29 is 59.3 Å². The minimum absolute atomic E-state index is 0.128. The molecule has 0 aliphatic heterocycles. The number of hydrogen-bond acceptors (Lipinski definition) is 13. The van der Waals surface area contributed by atoms with Gasteiger partial charge in [0.2, 0.25) is 0 Å². The van der Waals surface area contributed by atoms with E-state index in [1.165, 1.54) is 0 Å². The van der Waals surface area contributed by atoms with Gasteiger partial charge in [-0.25, -0.2) is 9.59 Å². The summed E-state index contributed by atoms with van der Waals surface area (Å²) in [5.74, 6) is -1.04. The van der Waals surface area contributed by atoms with Crippen molar-refractivity contribution in [3.63, 3.8) is 0 Å². The minimum Gasteiger partial charge on any atom is -0.454 e. The third-order valence-electron chi connectivity index (χ3n) is 6.38. The number of esters is 2. The summed E-state index contributed by atoms with van der Waals surface area (Å²) >= 11 is 0. The van der Waals surface area contributed by atoms with Crippen molar-refractivity contribution in [1.82, 2.24) is 0 Å². The lowest BCUT2D eigenvalue weighted by molar-refractivity contribution is -0.150. The molecule has 20 heteroatoms. The van der Waals surface area contributed by atoms with Crippen LogP contribution in [0, 0.1) is 0 Å². The van der Waals surface area contributed by atoms with Crippen LogP contribution in [0.3, 0.4) is 0 Å². The highest BCUT2D eigenvalue weighted by Gasteiger charge is 2.49. The summed E-state index contributed by atoms with van der Waals surface area (Å²) in [5, 5.41) is 18.7. The molecule has 2 N–H and O–H groups in total. The maximum Gasteiger partial charge on any atom is 0.469 e. The van der Waals surface area contributed by atoms with Gasteiger partial charge in [0.05, 0.1) is 26.4 Å². The molecule has 0 radical (unpaired) electrons. The Hall–Kier alpha value is -0.422. The van der Waals surface area contributed by atoms with Gasteiger partial charge in [0.1, 0.15) is 12.2 Å². The van der Waals surface area contributed by atoms with E-state index in [2.05, 4.69) is 118 Å². The highest BCUT2D eigenvalue weighted by Crippen LogP contribution is 2.30. The lowest BCUT2D eigenvalue weighted by atomic mass is 10.3. The van der Waals surface area contributed by atoms with Gasteiger partial charge in [0.15, 0.2) is 41.6 Å². The van der Waals surface area contributed by atoms with E-state index in [4.69, 9.17) is 39.5 Å². The molecule has 0 aromatic heterocycles. The van der Waals surface area contributed by atoms with Crippen LogP contribution in [0.1, 0.15) is 26.7 Å². The second-order valence-electron chi connectivity index (χ2n) is 19.2. The first-order valence-corrected chi connectivity index (χ1v) is 41.2. The molecule has 0 saturated carbocycles. The predicted octanol–water partition coefficient (Wildman–Crippen LogP) is 8.02. The van der Waals surface area contributed by atoms with Crippen molar-refractivity contribution in [3.05, 3.63) is 24.3 Å². The van der Waals surface area contributed by atoms with Crippen LogP contribution >= 0.6 is 0 Å². The van der Waals surface area contributed by atoms with E-state index < -0.39 is 83.1 Å². The summed E-state index contributed by atoms with van der Waals surface area (Å²) in [6.07, 6.45) is 0.146. The number of hydrogen-bond donors (Lipinski definition) is 2. The van der Waals surface area contributed by atoms with Crippen molar-refractivity contribution in [2.24, 2.45) is 0 Å². The van der Waals surface area contributed by atoms with E-state index in [0.29, 0.717) is 36.8 Å². The Bertz CT molecular complexity index is 1130. The van der Waals surface area contributed by atoms with Crippen LogP contribution in [0.4, 0.5) is 0 Å². The number of carbonyl (C=O) groups excluding carboxylic acids is 2. The van der Waals surface area contributed by atoms with Crippen LogP contribution in [-0.4, -0.2) is 133 Å². The molecule has 0 aliphatic rings. The molecule has 56 heavy (non-hydrogen) atoms. The molecule has 0 fully saturated rings. The average molecular weight is 920 g/mol. The molecule has 332 valence electrons. The zero-order valence-electron chi connectivity index (χ0n) is 38.5. The van der Waals surface area contributed by atoms with E-state index in [1.54, 1.807) is 13.8 Å². The molecule has 0 heterocycles. The van der Waals surface area contributed by atoms with Gasteiger partial charge in [-0.15, -0.1) is 0 Å². The lowest BCUT2D eigenvalue weighted by Gasteiger charge is -2.42. The Labute approximate surface area is 348 Å². The SMILES string of the molecule is C=C(C)C(=O)OC(CO)COCCC[Si](C)(O[Si](C)(C)C)O[Si](C)(C)C.C=C(C)C(=O)OC(CO)COCCC[Si](O[Si](C)(C)C)(O[Si](C)(C)C)O[Si](C)(C)C. The fraction of sp³-hybridized carbons (Fsp3) is 0.833. The zero-order valence-corrected chi connectivity index (χ0v) is 45.5. The molecule has 0 rings (SSSR count). The van der Waals surface area contributed by atoms with Crippen molar-refractivity contribution >= 4 is 70.9 Å². The Morgan fingerprint density at radius 3 is 1.04 bits per heavy atom. The molecule has 0 aromatic rings. The van der Waals surface area contributed by atoms with Crippen molar-refractivity contribution in [1.29, 1.82) is 0 Å². The van der Waals surface area contributed by atoms with Crippen molar-refractivity contribution in [3.8, 4) is 0 Å². The van der Waals surface area contributed by atoms with Crippen LogP contribution in [0.5, 0.6) is 0 Å². The molecule has 0 aromatic carbocycles. The average Bonchev–Trinajstić information content (AvgIpc) is 2.94. The van der Waals surface area contributed by atoms with Gasteiger partial charge in [-0.1, -0.05) is 13.2 Å². The quantitative estimate of drug-likeness (QED) is 0.0337. The molecule has 2 atom stereocenters. The number of aliphatic hydroxyl groups is 2. The number of rotatable bonds is 28. The Balaban J connectivity index is 0. The van der Waals surface area contributed by atoms with E-state index in [1.807, 2.05) is 0 Å². The Morgan fingerprint density at radius 2 is 0.786 bits per heavy atom. The fourth-order valence-electron chi connectivity index (χ4n) is 5.10. The van der Waals surface area contributed by atoms with Crippen molar-refractivity contribution in [2.75, 3.05) is 39.6 Å². The van der Waals surface area contributed by atoms with Crippen LogP contribution in [0.15, 0.2) is 24.3 Å². The highest BCUT2D eigenvalue weighted by molar-refractivity contribution is 6.90. The summed E-state index contributed by atoms with van der Waals surface area (Å²) in [6, 6.07) is 1.54. The van der Waals surface area contributed by atoms with Crippen LogP contribution in [-0.2, 0) is 49.1 Å². The van der Waals surface area contributed by atoms with E-state index in [0.717, 1.165) is 12.5 Å². The fourth-order valence-corrected chi connectivity index (χ4v) is 32.2. The molecule has 0 saturated heterocycles. The number of ether oxygens (including phenoxy) is 4. The van der Waals surface area contributed by atoms with Gasteiger partial charge in [0.25, 0.3) is 0 Å². The first kappa shape index (κ1) is 57.7. The molecule has 0 spiro atoms. The lowest BCUT2D eigenvalue weighted by Crippen LogP contribution is -2.60. The van der Waals surface area contributed by atoms with Gasteiger partial charge < -0.3 is 49.7 Å². The predicted molar refractivity (Wildman–Crippen MR) is 244 cm³/mol. The summed E-state index contributed by atoms with van der Waals surface area (Å²) in [7, 11) is -14.2. The van der Waals surface area contributed by atoms with Gasteiger partial charge in [-0.2, -0.15) is 0 Å². The molecular formula is C36H82O13Si7. The van der Waals surface area contributed by atoms with Crippen molar-refractivity contribution in [2.45, 2.75) is 156 Å². The van der Waals surface area contributed by atoms with Crippen LogP contribution < -0.4 is 0 Å². The first-order chi connectivity index (χ1) is 25.1. The second kappa shape index (κ2) is 25.4. The summed E-state index contributed by atoms with van der Waals surface area (Å²) in [6.45, 7) is 45.6. The maximum atomic E-state index is 11.6. The van der Waals surface area contributed by atoms with E-state index >= 15 is 0 Å². The zero-order chi connectivity index (χ0) is 44.4. The summed E-state index contributed by atoms with van der Waals surface area (Å²) in [5.41, 5.74) is 0.594. The third-order valence-corrected chi connectivity index (χ3v) is 28.0. The molecule has 13 nitrogen and oxygen atoms in total. The Morgan fingerprint density at radius 1 is 0.500 bits per heavy atom. The van der Waals surface area contributed by atoms with Crippen LogP contribution in [0.25, 0.3) is 0 Å². The van der Waals surface area contributed by atoms with Gasteiger partial charge in [-0.3, -0.25) is 0 Å². The topological polar surface area (TPSA) is 158 Å². The summed E-state index contributed by atoms with van der Waals surface area (Å²) < 4.78 is 54.3. The third kappa shape index (κ3) is 32.4. The minimum atomic E-state index is -2.87. The van der Waals surface area contributed by atoms with Gasteiger partial charge in [0, 0.05) is 30.4 Å². The number of aliphatic hydroxyl groups excluding tert-OH is 2. The maximum absolute atomic E-state index is 11.6. The Kier molecular flexibility index (Phi) is 26.1. The smallest absolute Gasteiger partial charge is 0.454 e. The molecular weight excluding hydrogens is 837 g/mol. The van der Waals surface area contributed by atoms with E-state index in [9.17, 15) is 19.8 Å². The van der Waals surface area contributed by atoms with Gasteiger partial charge >= 0.3 is 29.3 Å². The first-order valence-electron chi connectivity index (χ1n) is 19.7. The monoisotopic (exact) mass is 918 g/mol. The normalized spacial score (nSPS) is 14.4. The highest BCUT2D eigenvalue weighted by atomic mass is 28.5. The van der Waals surface area contributed by atoms with Crippen LogP contribution in [0.2, 0.25) is 117 Å². The molecule has 2 unspecified atom stereocenters.